The summed E-state index contributed by atoms with van der Waals surface area (Å²) in [6.07, 6.45) is 5.95. The largest absolute Gasteiger partial charge is 0.0984 e. The lowest BCUT2D eigenvalue weighted by molar-refractivity contribution is 1.48. The average molecular weight is 289 g/mol. The predicted molar refractivity (Wildman–Crippen MR) is 82.0 cm³/mol. The van der Waals surface area contributed by atoms with Gasteiger partial charge in [-0.25, -0.2) is 0 Å². The van der Waals surface area contributed by atoms with E-state index in [0.717, 1.165) is 26.8 Å². The number of hydrogen-bond donors (Lipinski definition) is 0. The second kappa shape index (κ2) is 6.41. The van der Waals surface area contributed by atoms with E-state index in [9.17, 15) is 0 Å². The van der Waals surface area contributed by atoms with Gasteiger partial charge in [-0.1, -0.05) is 71.6 Å². The second-order valence-electron chi connectivity index (χ2n) is 3.87. The molecule has 0 radical (unpaired) electrons. The molecule has 0 aliphatic heterocycles. The second-order valence-corrected chi connectivity index (χ2v) is 5.12. The average Bonchev–Trinajstić information content (AvgIpc) is 2.34. The van der Waals surface area contributed by atoms with Gasteiger partial charge in [-0.2, -0.15) is 0 Å². The van der Waals surface area contributed by atoms with Crippen LogP contribution in [0.1, 0.15) is 25.0 Å². The van der Waals surface area contributed by atoms with Crippen molar-refractivity contribution in [1.82, 2.24) is 0 Å². The molecule has 0 heterocycles. The van der Waals surface area contributed by atoms with Gasteiger partial charge in [0.25, 0.3) is 0 Å². The Bertz CT molecular complexity index is 486. The van der Waals surface area contributed by atoms with Crippen LogP contribution in [0.25, 0.3) is 11.6 Å². The topological polar surface area (TPSA) is 0 Å². The van der Waals surface area contributed by atoms with E-state index >= 15 is 0 Å². The van der Waals surface area contributed by atoms with Crippen molar-refractivity contribution in [2.24, 2.45) is 0 Å². The quantitative estimate of drug-likeness (QED) is 0.634. The summed E-state index contributed by atoms with van der Waals surface area (Å²) in [7, 11) is 0. The van der Waals surface area contributed by atoms with Gasteiger partial charge in [-0.05, 0) is 40.6 Å². The third-order valence-corrected chi connectivity index (χ3v) is 2.81. The van der Waals surface area contributed by atoms with Crippen LogP contribution in [0.5, 0.6) is 0 Å². The molecule has 1 aromatic carbocycles. The number of benzene rings is 1. The summed E-state index contributed by atoms with van der Waals surface area (Å²) in [5.41, 5.74) is 4.44. The molecule has 0 atom stereocenters. The lowest BCUT2D eigenvalue weighted by Crippen LogP contribution is -1.88. The Morgan fingerprint density at radius 1 is 1.18 bits per heavy atom. The van der Waals surface area contributed by atoms with Crippen LogP contribution in [0.3, 0.4) is 0 Å². The fourth-order valence-corrected chi connectivity index (χ4v) is 1.63. The first-order valence-corrected chi connectivity index (χ1v) is 6.27. The number of allylic oxidation sites excluding steroid dienone is 5. The summed E-state index contributed by atoms with van der Waals surface area (Å²) < 4.78 is 1.10. The standard InChI is InChI=1S/C16H17Br/c1-5-15-8-6-7-9-16(15)14(4)12(2)10-11-13(3)17/h5-11H,1,4H2,2-3H3/b12-10+,13-11+. The van der Waals surface area contributed by atoms with E-state index in [1.165, 1.54) is 0 Å². The first-order valence-electron chi connectivity index (χ1n) is 5.48. The highest BCUT2D eigenvalue weighted by Crippen LogP contribution is 2.25. The molecule has 0 N–H and O–H groups in total. The highest BCUT2D eigenvalue weighted by molar-refractivity contribution is 9.11. The van der Waals surface area contributed by atoms with Crippen LogP contribution in [-0.2, 0) is 0 Å². The first-order chi connectivity index (χ1) is 8.06. The summed E-state index contributed by atoms with van der Waals surface area (Å²) in [5, 5.41) is 0. The van der Waals surface area contributed by atoms with E-state index in [-0.39, 0.29) is 0 Å². The summed E-state index contributed by atoms with van der Waals surface area (Å²) in [6, 6.07) is 8.15. The highest BCUT2D eigenvalue weighted by atomic mass is 79.9. The molecule has 0 unspecified atom stereocenters. The van der Waals surface area contributed by atoms with Gasteiger partial charge in [-0.3, -0.25) is 0 Å². The van der Waals surface area contributed by atoms with Crippen molar-refractivity contribution in [2.45, 2.75) is 13.8 Å². The van der Waals surface area contributed by atoms with Gasteiger partial charge in [0.1, 0.15) is 0 Å². The van der Waals surface area contributed by atoms with E-state index in [2.05, 4.69) is 48.2 Å². The van der Waals surface area contributed by atoms with Crippen LogP contribution in [0.2, 0.25) is 0 Å². The molecular formula is C16H17Br. The maximum atomic E-state index is 4.15. The van der Waals surface area contributed by atoms with Gasteiger partial charge in [0.15, 0.2) is 0 Å². The van der Waals surface area contributed by atoms with Gasteiger partial charge in [0.2, 0.25) is 0 Å². The van der Waals surface area contributed by atoms with Crippen molar-refractivity contribution >= 4 is 27.6 Å². The molecule has 0 aromatic heterocycles. The normalized spacial score (nSPS) is 12.4. The molecule has 0 saturated heterocycles. The smallest absolute Gasteiger partial charge is 0.00803 e. The minimum Gasteiger partial charge on any atom is -0.0984 e. The molecule has 88 valence electrons. The van der Waals surface area contributed by atoms with Gasteiger partial charge in [0, 0.05) is 0 Å². The van der Waals surface area contributed by atoms with Crippen LogP contribution in [0.15, 0.2) is 59.6 Å². The van der Waals surface area contributed by atoms with E-state index in [0.29, 0.717) is 0 Å². The Kier molecular flexibility index (Phi) is 5.17. The van der Waals surface area contributed by atoms with E-state index in [1.54, 1.807) is 0 Å². The first kappa shape index (κ1) is 13.7. The molecule has 0 amide bonds. The molecular weight excluding hydrogens is 272 g/mol. The van der Waals surface area contributed by atoms with Crippen LogP contribution < -0.4 is 0 Å². The molecule has 0 nitrogen and oxygen atoms in total. The molecule has 1 rings (SSSR count). The summed E-state index contributed by atoms with van der Waals surface area (Å²) in [5.74, 6) is 0. The summed E-state index contributed by atoms with van der Waals surface area (Å²) >= 11 is 3.41. The van der Waals surface area contributed by atoms with E-state index < -0.39 is 0 Å². The third kappa shape index (κ3) is 3.86. The Morgan fingerprint density at radius 3 is 2.41 bits per heavy atom. The van der Waals surface area contributed by atoms with Crippen molar-refractivity contribution in [3.63, 3.8) is 0 Å². The number of halogens is 1. The lowest BCUT2D eigenvalue weighted by atomic mass is 9.95. The number of rotatable bonds is 4. The number of hydrogen-bond acceptors (Lipinski definition) is 0. The van der Waals surface area contributed by atoms with E-state index in [4.69, 9.17) is 0 Å². The lowest BCUT2D eigenvalue weighted by Gasteiger charge is -2.09. The Balaban J connectivity index is 3.08. The van der Waals surface area contributed by atoms with Gasteiger partial charge < -0.3 is 0 Å². The van der Waals surface area contributed by atoms with Crippen molar-refractivity contribution in [3.8, 4) is 0 Å². The SMILES string of the molecule is C=Cc1ccccc1C(=C)/C(C)=C/C=C(\C)Br. The zero-order valence-corrected chi connectivity index (χ0v) is 11.9. The minimum absolute atomic E-state index is 1.03. The van der Waals surface area contributed by atoms with Gasteiger partial charge in [-0.15, -0.1) is 0 Å². The predicted octanol–water partition coefficient (Wildman–Crippen LogP) is 5.59. The van der Waals surface area contributed by atoms with Crippen molar-refractivity contribution in [3.05, 3.63) is 70.8 Å². The fourth-order valence-electron chi connectivity index (χ4n) is 1.50. The third-order valence-electron chi connectivity index (χ3n) is 2.54. The Morgan fingerprint density at radius 2 is 1.82 bits per heavy atom. The van der Waals surface area contributed by atoms with Crippen LogP contribution >= 0.6 is 15.9 Å². The van der Waals surface area contributed by atoms with Crippen molar-refractivity contribution in [2.75, 3.05) is 0 Å². The van der Waals surface area contributed by atoms with Gasteiger partial charge in [0.05, 0.1) is 0 Å². The highest BCUT2D eigenvalue weighted by Gasteiger charge is 2.03. The van der Waals surface area contributed by atoms with Gasteiger partial charge >= 0.3 is 0 Å². The maximum absolute atomic E-state index is 4.15. The van der Waals surface area contributed by atoms with E-state index in [1.807, 2.05) is 37.3 Å². The summed E-state index contributed by atoms with van der Waals surface area (Å²) in [4.78, 5) is 0. The fraction of sp³-hybridized carbons (Fsp3) is 0.125. The maximum Gasteiger partial charge on any atom is -0.00803 e. The summed E-state index contributed by atoms with van der Waals surface area (Å²) in [6.45, 7) is 12.0. The molecule has 17 heavy (non-hydrogen) atoms. The van der Waals surface area contributed by atoms with Crippen molar-refractivity contribution < 1.29 is 0 Å². The van der Waals surface area contributed by atoms with Crippen molar-refractivity contribution in [1.29, 1.82) is 0 Å². The zero-order chi connectivity index (χ0) is 12.8. The van der Waals surface area contributed by atoms with Crippen LogP contribution in [-0.4, -0.2) is 0 Å². The van der Waals surface area contributed by atoms with Crippen LogP contribution in [0.4, 0.5) is 0 Å². The minimum atomic E-state index is 1.03. The Hall–Kier alpha value is -1.34. The molecule has 1 heteroatoms. The molecule has 0 aliphatic rings. The molecule has 0 bridgehead atoms. The molecule has 0 spiro atoms. The monoisotopic (exact) mass is 288 g/mol. The Labute approximate surface area is 112 Å². The zero-order valence-electron chi connectivity index (χ0n) is 10.3. The molecule has 0 fully saturated rings. The molecule has 1 aromatic rings. The van der Waals surface area contributed by atoms with Crippen LogP contribution in [0, 0.1) is 0 Å². The molecule has 0 saturated carbocycles. The molecule has 0 aliphatic carbocycles.